The minimum Gasteiger partial charge on any atom is -0.496 e. The summed E-state index contributed by atoms with van der Waals surface area (Å²) < 4.78 is 5.45. The van der Waals surface area contributed by atoms with Crippen LogP contribution < -0.4 is 15.4 Å². The molecule has 2 N–H and O–H groups in total. The largest absolute Gasteiger partial charge is 0.496 e. The standard InChI is InChI=1S/C21H17ClN2O2S/c1-26-19-12-11-15(13-17(19)14-7-3-2-4-8-14)23-21(27)24-20(25)16-9-5-6-10-18(16)22/h2-13H,1H3,(H2,23,24,25,27). The van der Waals surface area contributed by atoms with Crippen molar-refractivity contribution in [2.45, 2.75) is 0 Å². The van der Waals surface area contributed by atoms with E-state index in [1.54, 1.807) is 31.4 Å². The molecule has 0 radical (unpaired) electrons. The van der Waals surface area contributed by atoms with Crippen LogP contribution in [0.15, 0.2) is 72.8 Å². The van der Waals surface area contributed by atoms with E-state index in [0.29, 0.717) is 10.6 Å². The molecule has 0 heterocycles. The Morgan fingerprint density at radius 1 is 1.00 bits per heavy atom. The molecule has 0 aliphatic carbocycles. The Hall–Kier alpha value is -2.89. The molecule has 6 heteroatoms. The van der Waals surface area contributed by atoms with Gasteiger partial charge in [-0.2, -0.15) is 0 Å². The van der Waals surface area contributed by atoms with Crippen LogP contribution in [0.5, 0.6) is 5.75 Å². The Morgan fingerprint density at radius 2 is 1.70 bits per heavy atom. The number of carbonyl (C=O) groups is 1. The summed E-state index contributed by atoms with van der Waals surface area (Å²) in [6, 6.07) is 22.3. The van der Waals surface area contributed by atoms with Gasteiger partial charge >= 0.3 is 0 Å². The van der Waals surface area contributed by atoms with Crippen molar-refractivity contribution in [1.82, 2.24) is 5.32 Å². The number of hydrogen-bond acceptors (Lipinski definition) is 3. The first kappa shape index (κ1) is 18.9. The Bertz CT molecular complexity index is 977. The number of amides is 1. The molecule has 0 fully saturated rings. The van der Waals surface area contributed by atoms with Crippen molar-refractivity contribution in [3.8, 4) is 16.9 Å². The first-order valence-electron chi connectivity index (χ1n) is 8.19. The number of thiocarbonyl (C=S) groups is 1. The average Bonchev–Trinajstić information content (AvgIpc) is 2.68. The van der Waals surface area contributed by atoms with Crippen LogP contribution in [0, 0.1) is 0 Å². The lowest BCUT2D eigenvalue weighted by molar-refractivity contribution is 0.0978. The van der Waals surface area contributed by atoms with E-state index in [-0.39, 0.29) is 11.0 Å². The third-order valence-corrected chi connectivity index (χ3v) is 4.42. The molecule has 4 nitrogen and oxygen atoms in total. The Kier molecular flexibility index (Phi) is 6.06. The number of halogens is 1. The normalized spacial score (nSPS) is 10.1. The van der Waals surface area contributed by atoms with E-state index in [9.17, 15) is 4.79 Å². The smallest absolute Gasteiger partial charge is 0.258 e. The molecule has 3 rings (SSSR count). The molecule has 1 amide bonds. The third-order valence-electron chi connectivity index (χ3n) is 3.89. The van der Waals surface area contributed by atoms with Gasteiger partial charge in [0.15, 0.2) is 5.11 Å². The Labute approximate surface area is 168 Å². The molecule has 3 aromatic carbocycles. The van der Waals surface area contributed by atoms with Crippen molar-refractivity contribution < 1.29 is 9.53 Å². The highest BCUT2D eigenvalue weighted by atomic mass is 35.5. The fraction of sp³-hybridized carbons (Fsp3) is 0.0476. The molecule has 0 atom stereocenters. The number of anilines is 1. The lowest BCUT2D eigenvalue weighted by Crippen LogP contribution is -2.34. The second-order valence-electron chi connectivity index (χ2n) is 5.67. The zero-order chi connectivity index (χ0) is 19.2. The number of ether oxygens (including phenoxy) is 1. The highest BCUT2D eigenvalue weighted by molar-refractivity contribution is 7.80. The molecule has 27 heavy (non-hydrogen) atoms. The second kappa shape index (κ2) is 8.66. The van der Waals surface area contributed by atoms with Gasteiger partial charge in [0.05, 0.1) is 17.7 Å². The summed E-state index contributed by atoms with van der Waals surface area (Å²) in [6.45, 7) is 0. The number of nitrogens with one attached hydrogen (secondary N) is 2. The number of benzene rings is 3. The number of carbonyl (C=O) groups excluding carboxylic acids is 1. The minimum absolute atomic E-state index is 0.184. The van der Waals surface area contributed by atoms with Crippen LogP contribution in [0.2, 0.25) is 5.02 Å². The molecular weight excluding hydrogens is 380 g/mol. The van der Waals surface area contributed by atoms with Crippen LogP contribution in [-0.4, -0.2) is 18.1 Å². The van der Waals surface area contributed by atoms with Gasteiger partial charge in [-0.3, -0.25) is 10.1 Å². The molecular formula is C21H17ClN2O2S. The molecule has 0 saturated heterocycles. The summed E-state index contributed by atoms with van der Waals surface area (Å²) in [5.41, 5.74) is 3.04. The summed E-state index contributed by atoms with van der Waals surface area (Å²) in [5, 5.41) is 6.22. The van der Waals surface area contributed by atoms with Gasteiger partial charge in [-0.1, -0.05) is 54.1 Å². The second-order valence-corrected chi connectivity index (χ2v) is 6.48. The van der Waals surface area contributed by atoms with E-state index in [4.69, 9.17) is 28.6 Å². The molecule has 0 bridgehead atoms. The summed E-state index contributed by atoms with van der Waals surface area (Å²) in [7, 11) is 1.63. The summed E-state index contributed by atoms with van der Waals surface area (Å²) in [6.07, 6.45) is 0. The predicted octanol–water partition coefficient (Wildman–Crippen LogP) is 5.14. The number of methoxy groups -OCH3 is 1. The summed E-state index contributed by atoms with van der Waals surface area (Å²) >= 11 is 11.3. The van der Waals surface area contributed by atoms with E-state index in [1.165, 1.54) is 0 Å². The average molecular weight is 397 g/mol. The lowest BCUT2D eigenvalue weighted by atomic mass is 10.0. The monoisotopic (exact) mass is 396 g/mol. The van der Waals surface area contributed by atoms with Gasteiger partial charge in [0, 0.05) is 11.3 Å². The number of hydrogen-bond donors (Lipinski definition) is 2. The van der Waals surface area contributed by atoms with Gasteiger partial charge in [0.25, 0.3) is 5.91 Å². The van der Waals surface area contributed by atoms with Crippen LogP contribution in [-0.2, 0) is 0 Å². The van der Waals surface area contributed by atoms with Gasteiger partial charge in [-0.05, 0) is 48.1 Å². The maximum absolute atomic E-state index is 12.3. The van der Waals surface area contributed by atoms with E-state index < -0.39 is 0 Å². The molecule has 0 aromatic heterocycles. The fourth-order valence-corrected chi connectivity index (χ4v) is 3.04. The highest BCUT2D eigenvalue weighted by Crippen LogP contribution is 2.32. The van der Waals surface area contributed by atoms with E-state index in [1.807, 2.05) is 48.5 Å². The number of rotatable bonds is 4. The van der Waals surface area contributed by atoms with Crippen LogP contribution >= 0.6 is 23.8 Å². The molecule has 0 unspecified atom stereocenters. The van der Waals surface area contributed by atoms with Gasteiger partial charge in [0.1, 0.15) is 5.75 Å². The summed E-state index contributed by atoms with van der Waals surface area (Å²) in [4.78, 5) is 12.3. The van der Waals surface area contributed by atoms with Crippen molar-refractivity contribution in [1.29, 1.82) is 0 Å². The predicted molar refractivity (Wildman–Crippen MR) is 114 cm³/mol. The maximum Gasteiger partial charge on any atom is 0.258 e. The van der Waals surface area contributed by atoms with Gasteiger partial charge in [0.2, 0.25) is 0 Å². The third kappa shape index (κ3) is 4.64. The highest BCUT2D eigenvalue weighted by Gasteiger charge is 2.12. The van der Waals surface area contributed by atoms with Crippen molar-refractivity contribution in [3.63, 3.8) is 0 Å². The molecule has 0 aliphatic rings. The molecule has 0 spiro atoms. The quantitative estimate of drug-likeness (QED) is 0.599. The van der Waals surface area contributed by atoms with E-state index >= 15 is 0 Å². The molecule has 0 saturated carbocycles. The van der Waals surface area contributed by atoms with Crippen molar-refractivity contribution >= 4 is 40.5 Å². The van der Waals surface area contributed by atoms with E-state index in [2.05, 4.69) is 10.6 Å². The molecule has 0 aliphatic heterocycles. The zero-order valence-corrected chi connectivity index (χ0v) is 16.1. The van der Waals surface area contributed by atoms with Gasteiger partial charge in [-0.15, -0.1) is 0 Å². The Balaban J connectivity index is 1.77. The minimum atomic E-state index is -0.366. The molecule has 3 aromatic rings. The molecule has 136 valence electrons. The summed E-state index contributed by atoms with van der Waals surface area (Å²) in [5.74, 6) is 0.382. The van der Waals surface area contributed by atoms with Gasteiger partial charge < -0.3 is 10.1 Å². The van der Waals surface area contributed by atoms with Crippen molar-refractivity contribution in [2.75, 3.05) is 12.4 Å². The van der Waals surface area contributed by atoms with Crippen molar-refractivity contribution in [3.05, 3.63) is 83.4 Å². The van der Waals surface area contributed by atoms with E-state index in [0.717, 1.165) is 22.6 Å². The first-order valence-corrected chi connectivity index (χ1v) is 8.97. The topological polar surface area (TPSA) is 50.4 Å². The van der Waals surface area contributed by atoms with Crippen LogP contribution in [0.25, 0.3) is 11.1 Å². The zero-order valence-electron chi connectivity index (χ0n) is 14.5. The van der Waals surface area contributed by atoms with Crippen molar-refractivity contribution in [2.24, 2.45) is 0 Å². The van der Waals surface area contributed by atoms with Gasteiger partial charge in [-0.25, -0.2) is 0 Å². The maximum atomic E-state index is 12.3. The lowest BCUT2D eigenvalue weighted by Gasteiger charge is -2.14. The SMILES string of the molecule is COc1ccc(NC(=S)NC(=O)c2ccccc2Cl)cc1-c1ccccc1. The Morgan fingerprint density at radius 3 is 2.41 bits per heavy atom. The van der Waals surface area contributed by atoms with Crippen LogP contribution in [0.3, 0.4) is 0 Å². The van der Waals surface area contributed by atoms with Crippen LogP contribution in [0.1, 0.15) is 10.4 Å². The first-order chi connectivity index (χ1) is 13.1. The fourth-order valence-electron chi connectivity index (χ4n) is 2.61. The van der Waals surface area contributed by atoms with Crippen LogP contribution in [0.4, 0.5) is 5.69 Å².